The molecule has 0 bridgehead atoms. The summed E-state index contributed by atoms with van der Waals surface area (Å²) in [7, 11) is 0. The van der Waals surface area contributed by atoms with Gasteiger partial charge >= 0.3 is 0 Å². The monoisotopic (exact) mass is 286 g/mol. The lowest BCUT2D eigenvalue weighted by Crippen LogP contribution is -2.04. The van der Waals surface area contributed by atoms with Gasteiger partial charge in [0.2, 0.25) is 0 Å². The number of benzene rings is 1. The smallest absolute Gasteiger partial charge is 0.131 e. The van der Waals surface area contributed by atoms with Gasteiger partial charge in [-0.15, -0.1) is 0 Å². The van der Waals surface area contributed by atoms with Crippen LogP contribution in [-0.4, -0.2) is 14.5 Å². The van der Waals surface area contributed by atoms with Crippen LogP contribution in [0.3, 0.4) is 0 Å². The molecule has 2 N–H and O–H groups in total. The van der Waals surface area contributed by atoms with Gasteiger partial charge in [0.25, 0.3) is 0 Å². The number of rotatable bonds is 2. The second kappa shape index (κ2) is 4.80. The molecular weight excluding hydrogens is 272 g/mol. The van der Waals surface area contributed by atoms with Gasteiger partial charge in [0.05, 0.1) is 16.9 Å². The Balaban J connectivity index is 2.28. The van der Waals surface area contributed by atoms with Gasteiger partial charge in [-0.25, -0.2) is 4.98 Å². The van der Waals surface area contributed by atoms with Crippen molar-refractivity contribution in [2.45, 2.75) is 19.9 Å². The highest BCUT2D eigenvalue weighted by Gasteiger charge is 2.15. The van der Waals surface area contributed by atoms with Crippen molar-refractivity contribution in [3.63, 3.8) is 0 Å². The third-order valence-electron chi connectivity index (χ3n) is 3.36. The maximum absolute atomic E-state index is 6.22. The van der Waals surface area contributed by atoms with E-state index >= 15 is 0 Å². The normalized spacial score (nSPS) is 11.4. The average Bonchev–Trinajstić information content (AvgIpc) is 2.82. The van der Waals surface area contributed by atoms with Gasteiger partial charge in [0.15, 0.2) is 0 Å². The molecule has 4 nitrogen and oxygen atoms in total. The number of hydrogen-bond acceptors (Lipinski definition) is 3. The molecule has 1 aromatic carbocycles. The minimum absolute atomic E-state index is 0.266. The van der Waals surface area contributed by atoms with E-state index in [1.165, 1.54) is 0 Å². The van der Waals surface area contributed by atoms with Crippen LogP contribution in [-0.2, 0) is 0 Å². The Bertz CT molecular complexity index is 777. The molecule has 0 aliphatic carbocycles. The number of hydrogen-bond donors (Lipinski definition) is 1. The molecule has 0 atom stereocenters. The summed E-state index contributed by atoms with van der Waals surface area (Å²) in [5.74, 6) is 0.647. The van der Waals surface area contributed by atoms with E-state index in [1.54, 1.807) is 12.5 Å². The molecule has 0 unspecified atom stereocenters. The summed E-state index contributed by atoms with van der Waals surface area (Å²) in [6.45, 7) is 4.14. The van der Waals surface area contributed by atoms with Crippen LogP contribution in [0.1, 0.15) is 19.9 Å². The lowest BCUT2D eigenvalue weighted by Gasteiger charge is -2.10. The van der Waals surface area contributed by atoms with Gasteiger partial charge in [-0.1, -0.05) is 11.6 Å². The number of pyridine rings is 1. The van der Waals surface area contributed by atoms with Gasteiger partial charge in [-0.05, 0) is 38.1 Å². The number of anilines is 1. The fourth-order valence-electron chi connectivity index (χ4n) is 2.32. The molecule has 5 heteroatoms. The van der Waals surface area contributed by atoms with E-state index in [9.17, 15) is 0 Å². The Kier molecular flexibility index (Phi) is 3.10. The molecule has 0 saturated carbocycles. The Hall–Kier alpha value is -2.07. The summed E-state index contributed by atoms with van der Waals surface area (Å²) >= 11 is 6.22. The van der Waals surface area contributed by atoms with Gasteiger partial charge < -0.3 is 10.3 Å². The number of halogens is 1. The Morgan fingerprint density at radius 2 is 2.00 bits per heavy atom. The predicted octanol–water partition coefficient (Wildman–Crippen LogP) is 3.91. The minimum atomic E-state index is 0.266. The topological polar surface area (TPSA) is 56.7 Å². The molecule has 0 saturated heterocycles. The number of nitrogens with two attached hydrogens (primary N) is 1. The molecule has 0 radical (unpaired) electrons. The molecule has 0 aliphatic heterocycles. The Morgan fingerprint density at radius 1 is 1.20 bits per heavy atom. The van der Waals surface area contributed by atoms with Gasteiger partial charge in [-0.2, -0.15) is 0 Å². The first kappa shape index (κ1) is 12.9. The second-order valence-electron chi connectivity index (χ2n) is 4.97. The Labute approximate surface area is 122 Å². The third kappa shape index (κ3) is 1.93. The Morgan fingerprint density at radius 3 is 2.70 bits per heavy atom. The predicted molar refractivity (Wildman–Crippen MR) is 82.8 cm³/mol. The summed E-state index contributed by atoms with van der Waals surface area (Å²) < 4.78 is 1.94. The van der Waals surface area contributed by atoms with E-state index in [0.717, 1.165) is 22.2 Å². The standard InChI is InChI=1S/C15H15ClN4/c1-9(2)20-8-19-14(15(20)17)11-5-6-12(16)10-4-3-7-18-13(10)11/h3-9H,17H2,1-2H3. The quantitative estimate of drug-likeness (QED) is 0.777. The molecular formula is C15H15ClN4. The lowest BCUT2D eigenvalue weighted by atomic mass is 10.1. The van der Waals surface area contributed by atoms with Gasteiger partial charge in [-0.3, -0.25) is 4.98 Å². The summed E-state index contributed by atoms with van der Waals surface area (Å²) in [5, 5.41) is 1.59. The molecule has 102 valence electrons. The summed E-state index contributed by atoms with van der Waals surface area (Å²) in [6.07, 6.45) is 3.51. The first-order chi connectivity index (χ1) is 9.59. The highest BCUT2D eigenvalue weighted by atomic mass is 35.5. The highest BCUT2D eigenvalue weighted by molar-refractivity contribution is 6.35. The fraction of sp³-hybridized carbons (Fsp3) is 0.200. The molecule has 0 spiro atoms. The SMILES string of the molecule is CC(C)n1cnc(-c2ccc(Cl)c3cccnc23)c1N. The summed E-state index contributed by atoms with van der Waals surface area (Å²) in [4.78, 5) is 8.87. The molecule has 20 heavy (non-hydrogen) atoms. The molecule has 0 amide bonds. The third-order valence-corrected chi connectivity index (χ3v) is 3.69. The first-order valence-corrected chi connectivity index (χ1v) is 6.83. The highest BCUT2D eigenvalue weighted by Crippen LogP contribution is 2.34. The molecule has 3 aromatic rings. The average molecular weight is 287 g/mol. The number of nitrogens with zero attached hydrogens (tertiary/aromatic N) is 3. The minimum Gasteiger partial charge on any atom is -0.383 e. The van der Waals surface area contributed by atoms with Gasteiger partial charge in [0, 0.05) is 23.2 Å². The summed E-state index contributed by atoms with van der Waals surface area (Å²) in [5.41, 5.74) is 8.68. The molecule has 3 rings (SSSR count). The van der Waals surface area contributed by atoms with Crippen molar-refractivity contribution in [3.8, 4) is 11.3 Å². The van der Waals surface area contributed by atoms with Crippen molar-refractivity contribution < 1.29 is 0 Å². The lowest BCUT2D eigenvalue weighted by molar-refractivity contribution is 0.607. The van der Waals surface area contributed by atoms with Crippen LogP contribution in [0.5, 0.6) is 0 Å². The molecule has 2 heterocycles. The van der Waals surface area contributed by atoms with Crippen LogP contribution in [0.25, 0.3) is 22.2 Å². The maximum Gasteiger partial charge on any atom is 0.131 e. The van der Waals surface area contributed by atoms with Crippen LogP contribution in [0.2, 0.25) is 5.02 Å². The van der Waals surface area contributed by atoms with Crippen molar-refractivity contribution in [2.24, 2.45) is 0 Å². The molecule has 2 aromatic heterocycles. The van der Waals surface area contributed by atoms with E-state index in [0.29, 0.717) is 10.8 Å². The van der Waals surface area contributed by atoms with Crippen LogP contribution >= 0.6 is 11.6 Å². The second-order valence-corrected chi connectivity index (χ2v) is 5.38. The zero-order chi connectivity index (χ0) is 14.3. The van der Waals surface area contributed by atoms with E-state index in [4.69, 9.17) is 17.3 Å². The van der Waals surface area contributed by atoms with Crippen molar-refractivity contribution in [3.05, 3.63) is 41.8 Å². The molecule has 0 fully saturated rings. The van der Waals surface area contributed by atoms with Crippen LogP contribution < -0.4 is 5.73 Å². The van der Waals surface area contributed by atoms with E-state index < -0.39 is 0 Å². The number of fused-ring (bicyclic) bond motifs is 1. The van der Waals surface area contributed by atoms with Crippen molar-refractivity contribution in [1.29, 1.82) is 0 Å². The van der Waals surface area contributed by atoms with Crippen LogP contribution in [0, 0.1) is 0 Å². The van der Waals surface area contributed by atoms with E-state index in [-0.39, 0.29) is 6.04 Å². The van der Waals surface area contributed by atoms with E-state index in [2.05, 4.69) is 23.8 Å². The van der Waals surface area contributed by atoms with Crippen LogP contribution in [0.15, 0.2) is 36.8 Å². The summed E-state index contributed by atoms with van der Waals surface area (Å²) in [6, 6.07) is 7.86. The zero-order valence-corrected chi connectivity index (χ0v) is 12.1. The zero-order valence-electron chi connectivity index (χ0n) is 11.3. The largest absolute Gasteiger partial charge is 0.383 e. The van der Waals surface area contributed by atoms with Crippen molar-refractivity contribution >= 4 is 28.3 Å². The van der Waals surface area contributed by atoms with E-state index in [1.807, 2.05) is 28.8 Å². The number of imidazole rings is 1. The first-order valence-electron chi connectivity index (χ1n) is 6.45. The molecule has 0 aliphatic rings. The fourth-order valence-corrected chi connectivity index (χ4v) is 2.53. The maximum atomic E-state index is 6.22. The van der Waals surface area contributed by atoms with Gasteiger partial charge in [0.1, 0.15) is 11.5 Å². The number of nitrogen functional groups attached to an aromatic ring is 1. The van der Waals surface area contributed by atoms with Crippen molar-refractivity contribution in [2.75, 3.05) is 5.73 Å². The number of aromatic nitrogens is 3. The van der Waals surface area contributed by atoms with Crippen molar-refractivity contribution in [1.82, 2.24) is 14.5 Å². The van der Waals surface area contributed by atoms with Crippen LogP contribution in [0.4, 0.5) is 5.82 Å².